The van der Waals surface area contributed by atoms with Crippen LogP contribution >= 0.6 is 0 Å². The Balaban J connectivity index is 1.97. The molecule has 8 heteroatoms. The minimum atomic E-state index is -1.64. The van der Waals surface area contributed by atoms with Gasteiger partial charge in [-0.3, -0.25) is 0 Å². The van der Waals surface area contributed by atoms with E-state index in [1.54, 1.807) is 12.1 Å². The maximum atomic E-state index is 11.7. The topological polar surface area (TPSA) is 137 Å². The second-order valence-electron chi connectivity index (χ2n) is 5.06. The normalized spacial score (nSPS) is 31.2. The summed E-state index contributed by atoms with van der Waals surface area (Å²) in [6, 6.07) is 6.05. The number of benzene rings is 1. The van der Waals surface area contributed by atoms with E-state index in [2.05, 4.69) is 0 Å². The number of hydrogen-bond donors (Lipinski definition) is 5. The van der Waals surface area contributed by atoms with Crippen LogP contribution in [0.15, 0.2) is 30.3 Å². The summed E-state index contributed by atoms with van der Waals surface area (Å²) in [7, 11) is 0. The van der Waals surface area contributed by atoms with Crippen molar-refractivity contribution >= 4 is 12.0 Å². The van der Waals surface area contributed by atoms with Crippen molar-refractivity contribution in [2.45, 2.75) is 30.7 Å². The molecule has 0 unspecified atom stereocenters. The zero-order valence-corrected chi connectivity index (χ0v) is 12.0. The summed E-state index contributed by atoms with van der Waals surface area (Å²) in [5.41, 5.74) is 0.633. The number of aromatic hydroxyl groups is 1. The maximum absolute atomic E-state index is 11.7. The second kappa shape index (κ2) is 7.53. The Morgan fingerprint density at radius 1 is 1.13 bits per heavy atom. The van der Waals surface area contributed by atoms with Crippen molar-refractivity contribution < 1.29 is 39.8 Å². The summed E-state index contributed by atoms with van der Waals surface area (Å²) in [4.78, 5) is 11.7. The number of aliphatic hydroxyl groups excluding tert-OH is 4. The first-order valence-corrected chi connectivity index (χ1v) is 6.90. The quantitative estimate of drug-likeness (QED) is 0.342. The lowest BCUT2D eigenvalue weighted by molar-refractivity contribution is -0.291. The predicted octanol–water partition coefficient (Wildman–Crippen LogP) is -1.25. The van der Waals surface area contributed by atoms with E-state index in [4.69, 9.17) is 19.7 Å². The van der Waals surface area contributed by atoms with Crippen LogP contribution in [0.2, 0.25) is 0 Å². The van der Waals surface area contributed by atoms with Gasteiger partial charge in [-0.2, -0.15) is 0 Å². The summed E-state index contributed by atoms with van der Waals surface area (Å²) in [5, 5.41) is 47.1. The Labute approximate surface area is 131 Å². The highest BCUT2D eigenvalue weighted by molar-refractivity contribution is 5.87. The van der Waals surface area contributed by atoms with Crippen LogP contribution in [-0.2, 0) is 14.3 Å². The lowest BCUT2D eigenvalue weighted by Crippen LogP contribution is -2.59. The number of carbonyl (C=O) groups excluding carboxylic acids is 1. The number of esters is 1. The monoisotopic (exact) mass is 326 g/mol. The molecule has 0 bridgehead atoms. The van der Waals surface area contributed by atoms with Crippen LogP contribution in [0.1, 0.15) is 5.56 Å². The molecule has 0 aromatic heterocycles. The van der Waals surface area contributed by atoms with Gasteiger partial charge in [-0.05, 0) is 23.8 Å². The Hall–Kier alpha value is -1.97. The summed E-state index contributed by atoms with van der Waals surface area (Å²) in [5.74, 6) is -0.756. The van der Waals surface area contributed by atoms with Gasteiger partial charge in [0.05, 0.1) is 6.61 Å². The van der Waals surface area contributed by atoms with Crippen LogP contribution in [0.3, 0.4) is 0 Å². The molecule has 0 saturated carbocycles. The largest absolute Gasteiger partial charge is 0.508 e. The first kappa shape index (κ1) is 17.4. The molecule has 1 aromatic carbocycles. The fourth-order valence-electron chi connectivity index (χ4n) is 2.07. The van der Waals surface area contributed by atoms with Crippen LogP contribution in [0.5, 0.6) is 5.75 Å². The fraction of sp³-hybridized carbons (Fsp3) is 0.400. The fourth-order valence-corrected chi connectivity index (χ4v) is 2.07. The van der Waals surface area contributed by atoms with Gasteiger partial charge in [-0.15, -0.1) is 0 Å². The van der Waals surface area contributed by atoms with Crippen molar-refractivity contribution in [2.75, 3.05) is 6.61 Å². The number of rotatable bonds is 4. The van der Waals surface area contributed by atoms with Crippen molar-refractivity contribution in [2.24, 2.45) is 0 Å². The number of phenolic OH excluding ortho intramolecular Hbond substituents is 1. The Bertz CT molecular complexity index is 553. The van der Waals surface area contributed by atoms with E-state index in [-0.39, 0.29) is 5.75 Å². The molecule has 1 fully saturated rings. The minimum Gasteiger partial charge on any atom is -0.508 e. The number of carbonyl (C=O) groups is 1. The van der Waals surface area contributed by atoms with Gasteiger partial charge in [0.15, 0.2) is 0 Å². The summed E-state index contributed by atoms with van der Waals surface area (Å²) < 4.78 is 9.92. The summed E-state index contributed by atoms with van der Waals surface area (Å²) >= 11 is 0. The van der Waals surface area contributed by atoms with Crippen molar-refractivity contribution in [3.63, 3.8) is 0 Å². The van der Waals surface area contributed by atoms with Crippen LogP contribution in [-0.4, -0.2) is 68.8 Å². The van der Waals surface area contributed by atoms with Crippen LogP contribution in [0.4, 0.5) is 0 Å². The number of aliphatic hydroxyl groups is 4. The van der Waals surface area contributed by atoms with E-state index in [0.717, 1.165) is 6.08 Å². The van der Waals surface area contributed by atoms with Crippen molar-refractivity contribution in [3.05, 3.63) is 35.9 Å². The average molecular weight is 326 g/mol. The van der Waals surface area contributed by atoms with Crippen molar-refractivity contribution in [3.8, 4) is 5.75 Å². The van der Waals surface area contributed by atoms with Gasteiger partial charge in [0.1, 0.15) is 30.2 Å². The van der Waals surface area contributed by atoms with Crippen LogP contribution in [0.25, 0.3) is 6.08 Å². The molecule has 5 N–H and O–H groups in total. The third kappa shape index (κ3) is 4.27. The molecule has 0 amide bonds. The first-order chi connectivity index (χ1) is 10.9. The Kier molecular flexibility index (Phi) is 5.69. The van der Waals surface area contributed by atoms with Gasteiger partial charge in [0.2, 0.25) is 6.29 Å². The lowest BCUT2D eigenvalue weighted by Gasteiger charge is -2.38. The molecular formula is C15H18O8. The molecule has 1 heterocycles. The highest BCUT2D eigenvalue weighted by Crippen LogP contribution is 2.22. The molecule has 1 aliphatic rings. The Morgan fingerprint density at radius 2 is 1.78 bits per heavy atom. The molecule has 1 aromatic rings. The molecule has 0 spiro atoms. The first-order valence-electron chi connectivity index (χ1n) is 6.90. The van der Waals surface area contributed by atoms with Gasteiger partial charge in [-0.25, -0.2) is 4.79 Å². The van der Waals surface area contributed by atoms with E-state index in [9.17, 15) is 20.1 Å². The molecule has 1 aliphatic heterocycles. The molecule has 0 aliphatic carbocycles. The van der Waals surface area contributed by atoms with E-state index >= 15 is 0 Å². The van der Waals surface area contributed by atoms with Crippen LogP contribution in [0, 0.1) is 0 Å². The maximum Gasteiger partial charge on any atom is 0.333 e. The summed E-state index contributed by atoms with van der Waals surface area (Å²) in [6.07, 6.45) is -4.93. The minimum absolute atomic E-state index is 0.0889. The van der Waals surface area contributed by atoms with Gasteiger partial charge < -0.3 is 35.0 Å². The number of hydrogen-bond acceptors (Lipinski definition) is 8. The zero-order valence-electron chi connectivity index (χ0n) is 12.0. The molecule has 1 saturated heterocycles. The van der Waals surface area contributed by atoms with Gasteiger partial charge in [-0.1, -0.05) is 12.1 Å². The third-order valence-corrected chi connectivity index (χ3v) is 3.39. The lowest BCUT2D eigenvalue weighted by atomic mass is 9.99. The molecular weight excluding hydrogens is 308 g/mol. The summed E-state index contributed by atoms with van der Waals surface area (Å²) in [6.45, 7) is -0.609. The van der Waals surface area contributed by atoms with E-state index in [0.29, 0.717) is 5.56 Å². The van der Waals surface area contributed by atoms with E-state index in [1.807, 2.05) is 0 Å². The number of phenols is 1. The van der Waals surface area contributed by atoms with E-state index < -0.39 is 43.3 Å². The zero-order chi connectivity index (χ0) is 17.0. The highest BCUT2D eigenvalue weighted by atomic mass is 16.7. The van der Waals surface area contributed by atoms with Gasteiger partial charge in [0.25, 0.3) is 0 Å². The molecule has 23 heavy (non-hydrogen) atoms. The smallest absolute Gasteiger partial charge is 0.333 e. The predicted molar refractivity (Wildman–Crippen MR) is 77.0 cm³/mol. The van der Waals surface area contributed by atoms with Gasteiger partial charge >= 0.3 is 5.97 Å². The molecule has 8 nitrogen and oxygen atoms in total. The van der Waals surface area contributed by atoms with Crippen molar-refractivity contribution in [1.29, 1.82) is 0 Å². The molecule has 2 rings (SSSR count). The number of ether oxygens (including phenoxy) is 2. The van der Waals surface area contributed by atoms with Gasteiger partial charge in [0, 0.05) is 6.08 Å². The molecule has 5 atom stereocenters. The molecule has 0 radical (unpaired) electrons. The third-order valence-electron chi connectivity index (χ3n) is 3.39. The molecule has 126 valence electrons. The SMILES string of the molecule is O=C(C=Cc1ccc(O)cc1)O[C@@H]1O[C@H](CO)[C@@H](O)[C@H](O)[C@H]1O. The second-order valence-corrected chi connectivity index (χ2v) is 5.06. The van der Waals surface area contributed by atoms with Crippen molar-refractivity contribution in [1.82, 2.24) is 0 Å². The average Bonchev–Trinajstić information content (AvgIpc) is 2.55. The van der Waals surface area contributed by atoms with Crippen LogP contribution < -0.4 is 0 Å². The van der Waals surface area contributed by atoms with E-state index in [1.165, 1.54) is 18.2 Å². The highest BCUT2D eigenvalue weighted by Gasteiger charge is 2.45. The Morgan fingerprint density at radius 3 is 2.39 bits per heavy atom. The standard InChI is InChI=1S/C15H18O8/c16-7-10-12(19)13(20)14(21)15(22-10)23-11(18)6-3-8-1-4-9(17)5-2-8/h1-6,10,12-17,19-21H,7H2/t10-,12-,13+,14-,15+/m1/s1.